The average molecular weight is 321 g/mol. The Balaban J connectivity index is 2.17. The van der Waals surface area contributed by atoms with Gasteiger partial charge in [-0.25, -0.2) is 4.98 Å². The van der Waals surface area contributed by atoms with Gasteiger partial charge in [-0.3, -0.25) is 0 Å². The molecule has 0 aromatic carbocycles. The average Bonchev–Trinajstić information content (AvgIpc) is 2.28. The van der Waals surface area contributed by atoms with Crippen LogP contribution in [0.4, 0.5) is 19.0 Å². The summed E-state index contributed by atoms with van der Waals surface area (Å²) in [6.07, 6.45) is -1.25. The molecule has 0 fully saturated rings. The second kappa shape index (κ2) is 4.91. The summed E-state index contributed by atoms with van der Waals surface area (Å²) in [7, 11) is 0. The van der Waals surface area contributed by atoms with Crippen molar-refractivity contribution in [1.82, 2.24) is 4.98 Å². The number of alkyl halides is 3. The van der Waals surface area contributed by atoms with Crippen molar-refractivity contribution < 1.29 is 13.2 Å². The fourth-order valence-corrected chi connectivity index (χ4v) is 2.59. The fraction of sp³-hybridized carbons (Fsp3) is 0.417. The van der Waals surface area contributed by atoms with E-state index in [0.29, 0.717) is 12.4 Å². The van der Waals surface area contributed by atoms with Crippen molar-refractivity contribution in [2.24, 2.45) is 0 Å². The third-order valence-electron chi connectivity index (χ3n) is 2.83. The van der Waals surface area contributed by atoms with Gasteiger partial charge in [-0.1, -0.05) is 6.08 Å². The van der Waals surface area contributed by atoms with Crippen LogP contribution in [-0.4, -0.2) is 24.2 Å². The maximum Gasteiger partial charge on any atom is 0.412 e. The molecule has 0 N–H and O–H groups in total. The third-order valence-corrected chi connectivity index (χ3v) is 3.41. The molecule has 0 radical (unpaired) electrons. The van der Waals surface area contributed by atoms with Crippen molar-refractivity contribution in [1.29, 1.82) is 0 Å². The van der Waals surface area contributed by atoms with Crippen LogP contribution in [0.15, 0.2) is 28.4 Å². The molecule has 0 spiro atoms. The molecule has 0 saturated heterocycles. The lowest BCUT2D eigenvalue weighted by Gasteiger charge is -2.28. The van der Waals surface area contributed by atoms with Gasteiger partial charge < -0.3 is 4.90 Å². The van der Waals surface area contributed by atoms with E-state index in [1.807, 2.05) is 17.9 Å². The second-order valence-corrected chi connectivity index (χ2v) is 5.10. The van der Waals surface area contributed by atoms with Gasteiger partial charge in [0.2, 0.25) is 0 Å². The molecule has 1 aliphatic rings. The van der Waals surface area contributed by atoms with Gasteiger partial charge in [0.1, 0.15) is 5.82 Å². The Hall–Kier alpha value is -1.04. The van der Waals surface area contributed by atoms with E-state index in [1.54, 1.807) is 6.20 Å². The molecule has 18 heavy (non-hydrogen) atoms. The first-order chi connectivity index (χ1) is 8.38. The van der Waals surface area contributed by atoms with Gasteiger partial charge in [0.05, 0.1) is 4.47 Å². The van der Waals surface area contributed by atoms with E-state index in [0.717, 1.165) is 10.0 Å². The van der Waals surface area contributed by atoms with Gasteiger partial charge in [0.25, 0.3) is 0 Å². The van der Waals surface area contributed by atoms with Crippen LogP contribution in [0.5, 0.6) is 0 Å². The molecule has 2 nitrogen and oxygen atoms in total. The molecule has 1 aromatic rings. The van der Waals surface area contributed by atoms with Crippen LogP contribution in [0.1, 0.15) is 12.0 Å². The molecular formula is C12H12BrF3N2. The predicted molar refractivity (Wildman–Crippen MR) is 67.6 cm³/mol. The lowest BCUT2D eigenvalue weighted by molar-refractivity contribution is -0.0944. The number of pyridine rings is 1. The predicted octanol–water partition coefficient (Wildman–Crippen LogP) is 3.85. The summed E-state index contributed by atoms with van der Waals surface area (Å²) in [5, 5.41) is 0. The molecule has 1 aromatic heterocycles. The quantitative estimate of drug-likeness (QED) is 0.731. The first-order valence-electron chi connectivity index (χ1n) is 5.51. The van der Waals surface area contributed by atoms with E-state index >= 15 is 0 Å². The van der Waals surface area contributed by atoms with E-state index in [-0.39, 0.29) is 13.0 Å². The van der Waals surface area contributed by atoms with Crippen molar-refractivity contribution >= 4 is 21.7 Å². The van der Waals surface area contributed by atoms with Crippen molar-refractivity contribution in [3.63, 3.8) is 0 Å². The number of hydrogen-bond acceptors (Lipinski definition) is 2. The van der Waals surface area contributed by atoms with Crippen molar-refractivity contribution in [2.45, 2.75) is 19.5 Å². The number of anilines is 1. The minimum atomic E-state index is -4.20. The van der Waals surface area contributed by atoms with Gasteiger partial charge in [-0.2, -0.15) is 13.2 Å². The second-order valence-electron chi connectivity index (χ2n) is 4.24. The number of rotatable bonds is 1. The number of nitrogens with zero attached hydrogens (tertiary/aromatic N) is 2. The molecule has 2 rings (SSSR count). The largest absolute Gasteiger partial charge is 0.412 e. The van der Waals surface area contributed by atoms with Gasteiger partial charge in [-0.15, -0.1) is 0 Å². The van der Waals surface area contributed by atoms with Crippen molar-refractivity contribution in [3.8, 4) is 0 Å². The zero-order valence-corrected chi connectivity index (χ0v) is 11.3. The highest BCUT2D eigenvalue weighted by Gasteiger charge is 2.35. The monoisotopic (exact) mass is 320 g/mol. The summed E-state index contributed by atoms with van der Waals surface area (Å²) in [4.78, 5) is 6.09. The summed E-state index contributed by atoms with van der Waals surface area (Å²) >= 11 is 3.39. The summed E-state index contributed by atoms with van der Waals surface area (Å²) in [5.41, 5.74) is 0.566. The zero-order chi connectivity index (χ0) is 13.3. The third kappa shape index (κ3) is 2.85. The number of aromatic nitrogens is 1. The summed E-state index contributed by atoms with van der Waals surface area (Å²) in [6.45, 7) is 2.49. The van der Waals surface area contributed by atoms with Gasteiger partial charge in [0, 0.05) is 24.9 Å². The Morgan fingerprint density at radius 1 is 1.39 bits per heavy atom. The number of hydrogen-bond donors (Lipinski definition) is 0. The van der Waals surface area contributed by atoms with E-state index in [1.165, 1.54) is 6.08 Å². The van der Waals surface area contributed by atoms with Crippen LogP contribution in [-0.2, 0) is 0 Å². The van der Waals surface area contributed by atoms with Crippen LogP contribution < -0.4 is 4.90 Å². The summed E-state index contributed by atoms with van der Waals surface area (Å²) in [5.74, 6) is 0.693. The normalized spacial score (nSPS) is 16.7. The molecule has 0 amide bonds. The lowest BCUT2D eigenvalue weighted by atomic mass is 10.1. The highest BCUT2D eigenvalue weighted by molar-refractivity contribution is 9.10. The Labute approximate surface area is 112 Å². The van der Waals surface area contributed by atoms with Crippen LogP contribution in [0.2, 0.25) is 0 Å². The maximum absolute atomic E-state index is 12.5. The lowest BCUT2D eigenvalue weighted by Crippen LogP contribution is -2.32. The van der Waals surface area contributed by atoms with Crippen LogP contribution in [0.25, 0.3) is 0 Å². The molecule has 0 bridgehead atoms. The number of halogens is 4. The molecule has 6 heteroatoms. The molecule has 2 heterocycles. The van der Waals surface area contributed by atoms with Gasteiger partial charge in [0.15, 0.2) is 0 Å². The molecule has 0 aliphatic carbocycles. The molecular weight excluding hydrogens is 309 g/mol. The maximum atomic E-state index is 12.5. The number of aryl methyl sites for hydroxylation is 1. The molecule has 1 aliphatic heterocycles. The molecule has 0 atom stereocenters. The summed E-state index contributed by atoms with van der Waals surface area (Å²) < 4.78 is 38.3. The Morgan fingerprint density at radius 2 is 2.11 bits per heavy atom. The first-order valence-corrected chi connectivity index (χ1v) is 6.30. The molecule has 0 saturated carbocycles. The summed E-state index contributed by atoms with van der Waals surface area (Å²) in [6, 6.07) is 1.91. The minimum absolute atomic E-state index is 0.00545. The van der Waals surface area contributed by atoms with Crippen molar-refractivity contribution in [3.05, 3.63) is 33.9 Å². The van der Waals surface area contributed by atoms with Crippen LogP contribution >= 0.6 is 15.9 Å². The topological polar surface area (TPSA) is 16.1 Å². The van der Waals surface area contributed by atoms with Crippen molar-refractivity contribution in [2.75, 3.05) is 18.0 Å². The highest BCUT2D eigenvalue weighted by Crippen LogP contribution is 2.32. The van der Waals surface area contributed by atoms with E-state index in [9.17, 15) is 13.2 Å². The van der Waals surface area contributed by atoms with Crippen LogP contribution in [0.3, 0.4) is 0 Å². The first kappa shape index (κ1) is 13.4. The molecule has 0 unspecified atom stereocenters. The smallest absolute Gasteiger partial charge is 0.352 e. The standard InChI is InChI=1S/C12H12BrF3N2/c1-8-6-10(13)11(17-7-8)18-4-2-9(3-5-18)12(14,15)16/h2,6-7H,3-5H2,1H3. The zero-order valence-electron chi connectivity index (χ0n) is 9.76. The van der Waals surface area contributed by atoms with E-state index in [4.69, 9.17) is 0 Å². The minimum Gasteiger partial charge on any atom is -0.352 e. The molecule has 98 valence electrons. The van der Waals surface area contributed by atoms with E-state index in [2.05, 4.69) is 20.9 Å². The Bertz CT molecular complexity index is 483. The SMILES string of the molecule is Cc1cnc(N2CC=C(C(F)(F)F)CC2)c(Br)c1. The van der Waals surface area contributed by atoms with E-state index < -0.39 is 11.7 Å². The van der Waals surface area contributed by atoms with Gasteiger partial charge in [-0.05, 0) is 40.9 Å². The fourth-order valence-electron chi connectivity index (χ4n) is 1.88. The van der Waals surface area contributed by atoms with Crippen LogP contribution in [0, 0.1) is 6.92 Å². The Morgan fingerprint density at radius 3 is 2.61 bits per heavy atom. The highest BCUT2D eigenvalue weighted by atomic mass is 79.9. The Kier molecular flexibility index (Phi) is 3.66. The van der Waals surface area contributed by atoms with Gasteiger partial charge >= 0.3 is 6.18 Å².